The molecule has 1 heteroatoms. The van der Waals surface area contributed by atoms with Gasteiger partial charge in [0.1, 0.15) is 0 Å². The maximum absolute atomic E-state index is 2.40. The van der Waals surface area contributed by atoms with Gasteiger partial charge in [-0.25, -0.2) is 0 Å². The number of hydrogen-bond acceptors (Lipinski definition) is 1. The molecule has 1 heterocycles. The van der Waals surface area contributed by atoms with Gasteiger partial charge in [-0.1, -0.05) is 31.5 Å². The highest BCUT2D eigenvalue weighted by Crippen LogP contribution is 2.29. The summed E-state index contributed by atoms with van der Waals surface area (Å²) in [5.74, 6) is 0.861. The Morgan fingerprint density at radius 1 is 1.36 bits per heavy atom. The van der Waals surface area contributed by atoms with Crippen LogP contribution >= 0.6 is 0 Å². The van der Waals surface area contributed by atoms with E-state index in [1.807, 2.05) is 0 Å². The minimum atomic E-state index is 0.861. The number of fused-ring (bicyclic) bond motifs is 1. The van der Waals surface area contributed by atoms with Gasteiger partial charge in [0.25, 0.3) is 0 Å². The van der Waals surface area contributed by atoms with Crippen LogP contribution in [0.15, 0.2) is 24.3 Å². The molecule has 1 aromatic carbocycles. The van der Waals surface area contributed by atoms with Crippen LogP contribution in [0.3, 0.4) is 0 Å². The van der Waals surface area contributed by atoms with Crippen LogP contribution in [0.5, 0.6) is 0 Å². The highest BCUT2D eigenvalue weighted by atomic mass is 15.1. The van der Waals surface area contributed by atoms with Gasteiger partial charge in [-0.3, -0.25) is 0 Å². The average Bonchev–Trinajstić information content (AvgIpc) is 2.18. The summed E-state index contributed by atoms with van der Waals surface area (Å²) in [5.41, 5.74) is 2.96. The van der Waals surface area contributed by atoms with Crippen LogP contribution in [0.25, 0.3) is 0 Å². The molecule has 1 atom stereocenters. The van der Waals surface area contributed by atoms with Crippen LogP contribution in [-0.2, 0) is 6.42 Å². The Morgan fingerprint density at radius 2 is 2.14 bits per heavy atom. The summed E-state index contributed by atoms with van der Waals surface area (Å²) >= 11 is 0. The van der Waals surface area contributed by atoms with E-state index in [0.717, 1.165) is 5.92 Å². The van der Waals surface area contributed by atoms with Gasteiger partial charge in [-0.15, -0.1) is 0 Å². The summed E-state index contributed by atoms with van der Waals surface area (Å²) in [5, 5.41) is 0. The smallest absolute Gasteiger partial charge is 0.0396 e. The zero-order valence-electron chi connectivity index (χ0n) is 9.16. The van der Waals surface area contributed by atoms with Gasteiger partial charge in [-0.05, 0) is 30.4 Å². The summed E-state index contributed by atoms with van der Waals surface area (Å²) in [4.78, 5) is 2.40. The third kappa shape index (κ3) is 1.77. The zero-order valence-corrected chi connectivity index (χ0v) is 9.16. The number of nitrogens with zero attached hydrogens (tertiary/aromatic N) is 1. The van der Waals surface area contributed by atoms with Crippen molar-refractivity contribution in [1.29, 1.82) is 0 Å². The van der Waals surface area contributed by atoms with Crippen molar-refractivity contribution in [3.8, 4) is 0 Å². The van der Waals surface area contributed by atoms with Crippen molar-refractivity contribution in [2.45, 2.75) is 26.2 Å². The van der Waals surface area contributed by atoms with Gasteiger partial charge in [0.05, 0.1) is 0 Å². The minimum absolute atomic E-state index is 0.861. The van der Waals surface area contributed by atoms with E-state index in [-0.39, 0.29) is 0 Å². The van der Waals surface area contributed by atoms with Gasteiger partial charge < -0.3 is 4.90 Å². The molecule has 1 aromatic rings. The second-order valence-electron chi connectivity index (χ2n) is 4.37. The molecule has 0 N–H and O–H groups in total. The molecule has 0 aromatic heterocycles. The standard InChI is InChI=1S/C13H19N/c1-3-6-11-9-12-7-4-5-8-13(12)14(2)10-11/h4-5,7-8,11H,3,6,9-10H2,1-2H3. The van der Waals surface area contributed by atoms with E-state index in [9.17, 15) is 0 Å². The average molecular weight is 189 g/mol. The third-order valence-electron chi connectivity index (χ3n) is 3.14. The summed E-state index contributed by atoms with van der Waals surface area (Å²) in [7, 11) is 2.21. The molecule has 0 saturated heterocycles. The monoisotopic (exact) mass is 189 g/mol. The fourth-order valence-electron chi connectivity index (χ4n) is 2.52. The number of benzene rings is 1. The summed E-state index contributed by atoms with van der Waals surface area (Å²) in [6, 6.07) is 8.79. The lowest BCUT2D eigenvalue weighted by Gasteiger charge is -2.33. The Labute approximate surface area is 86.7 Å². The van der Waals surface area contributed by atoms with Gasteiger partial charge in [-0.2, -0.15) is 0 Å². The van der Waals surface area contributed by atoms with Crippen LogP contribution < -0.4 is 4.90 Å². The molecule has 0 aliphatic carbocycles. The number of rotatable bonds is 2. The van der Waals surface area contributed by atoms with E-state index in [4.69, 9.17) is 0 Å². The first-order valence-corrected chi connectivity index (χ1v) is 5.60. The Bertz CT molecular complexity index is 306. The topological polar surface area (TPSA) is 3.24 Å². The van der Waals surface area contributed by atoms with Crippen LogP contribution in [0.1, 0.15) is 25.3 Å². The first-order chi connectivity index (χ1) is 6.81. The Hall–Kier alpha value is -0.980. The highest BCUT2D eigenvalue weighted by molar-refractivity contribution is 5.55. The Morgan fingerprint density at radius 3 is 2.93 bits per heavy atom. The minimum Gasteiger partial charge on any atom is -0.374 e. The molecular formula is C13H19N. The predicted octanol–water partition coefficient (Wildman–Crippen LogP) is 3.10. The lowest BCUT2D eigenvalue weighted by atomic mass is 9.90. The number of hydrogen-bond donors (Lipinski definition) is 0. The highest BCUT2D eigenvalue weighted by Gasteiger charge is 2.20. The summed E-state index contributed by atoms with van der Waals surface area (Å²) < 4.78 is 0. The van der Waals surface area contributed by atoms with Crippen molar-refractivity contribution < 1.29 is 0 Å². The van der Waals surface area contributed by atoms with E-state index in [2.05, 4.69) is 43.1 Å². The molecule has 1 aliphatic rings. The second-order valence-corrected chi connectivity index (χ2v) is 4.37. The van der Waals surface area contributed by atoms with E-state index in [1.54, 1.807) is 0 Å². The van der Waals surface area contributed by atoms with E-state index in [0.29, 0.717) is 0 Å². The summed E-state index contributed by atoms with van der Waals surface area (Å²) in [6.07, 6.45) is 3.94. The van der Waals surface area contributed by atoms with Crippen LogP contribution in [0.4, 0.5) is 5.69 Å². The van der Waals surface area contributed by atoms with E-state index >= 15 is 0 Å². The molecule has 2 rings (SSSR count). The van der Waals surface area contributed by atoms with Crippen molar-refractivity contribution in [3.05, 3.63) is 29.8 Å². The van der Waals surface area contributed by atoms with Crippen molar-refractivity contribution in [3.63, 3.8) is 0 Å². The molecule has 1 unspecified atom stereocenters. The van der Waals surface area contributed by atoms with Crippen molar-refractivity contribution in [2.75, 3.05) is 18.5 Å². The molecule has 0 bridgehead atoms. The molecule has 76 valence electrons. The largest absolute Gasteiger partial charge is 0.374 e. The van der Waals surface area contributed by atoms with E-state index in [1.165, 1.54) is 37.1 Å². The van der Waals surface area contributed by atoms with E-state index < -0.39 is 0 Å². The van der Waals surface area contributed by atoms with Crippen LogP contribution in [0, 0.1) is 5.92 Å². The number of anilines is 1. The fraction of sp³-hybridized carbons (Fsp3) is 0.538. The van der Waals surface area contributed by atoms with Gasteiger partial charge >= 0.3 is 0 Å². The predicted molar refractivity (Wildman–Crippen MR) is 61.8 cm³/mol. The van der Waals surface area contributed by atoms with Gasteiger partial charge in [0.15, 0.2) is 0 Å². The Balaban J connectivity index is 2.20. The molecule has 0 saturated carbocycles. The normalized spacial score (nSPS) is 20.7. The molecule has 0 amide bonds. The van der Waals surface area contributed by atoms with Crippen molar-refractivity contribution >= 4 is 5.69 Å². The first kappa shape index (κ1) is 9.57. The molecule has 1 aliphatic heterocycles. The van der Waals surface area contributed by atoms with Crippen LogP contribution in [-0.4, -0.2) is 13.6 Å². The zero-order chi connectivity index (χ0) is 9.97. The van der Waals surface area contributed by atoms with Crippen molar-refractivity contribution in [1.82, 2.24) is 0 Å². The lowest BCUT2D eigenvalue weighted by Crippen LogP contribution is -2.32. The van der Waals surface area contributed by atoms with Gasteiger partial charge in [0.2, 0.25) is 0 Å². The second kappa shape index (κ2) is 4.04. The quantitative estimate of drug-likeness (QED) is 0.691. The van der Waals surface area contributed by atoms with Crippen molar-refractivity contribution in [2.24, 2.45) is 5.92 Å². The first-order valence-electron chi connectivity index (χ1n) is 5.60. The third-order valence-corrected chi connectivity index (χ3v) is 3.14. The fourth-order valence-corrected chi connectivity index (χ4v) is 2.52. The number of para-hydroxylation sites is 1. The van der Waals surface area contributed by atoms with Gasteiger partial charge in [0, 0.05) is 19.3 Å². The summed E-state index contributed by atoms with van der Waals surface area (Å²) in [6.45, 7) is 3.51. The lowest BCUT2D eigenvalue weighted by molar-refractivity contribution is 0.462. The SMILES string of the molecule is CCCC1Cc2ccccc2N(C)C1. The maximum Gasteiger partial charge on any atom is 0.0396 e. The molecular weight excluding hydrogens is 170 g/mol. The molecule has 0 radical (unpaired) electrons. The van der Waals surface area contributed by atoms with Crippen LogP contribution in [0.2, 0.25) is 0 Å². The Kier molecular flexibility index (Phi) is 2.76. The molecule has 0 fully saturated rings. The molecule has 1 nitrogen and oxygen atoms in total. The molecule has 14 heavy (non-hydrogen) atoms. The molecule has 0 spiro atoms. The maximum atomic E-state index is 2.40.